The molecule has 2 fully saturated rings. The quantitative estimate of drug-likeness (QED) is 0.698. The standard InChI is InChI=1S/C18H18N4O/c1-21-9-12-8-11(21)10-22(12)16-7-6-15-17(20-16)13-4-2-3-5-14(13)18(23)19-15/h2-7,11-12H,8-10H2,1H3,(H,19,23)/t11-,12?/m0/s1. The van der Waals surface area contributed by atoms with E-state index in [-0.39, 0.29) is 5.56 Å². The van der Waals surface area contributed by atoms with Crippen molar-refractivity contribution >= 4 is 27.6 Å². The Bertz CT molecular complexity index is 978. The fourth-order valence-corrected chi connectivity index (χ4v) is 4.14. The summed E-state index contributed by atoms with van der Waals surface area (Å²) in [5.41, 5.74) is 1.64. The van der Waals surface area contributed by atoms with Gasteiger partial charge >= 0.3 is 0 Å². The van der Waals surface area contributed by atoms with Crippen molar-refractivity contribution in [3.63, 3.8) is 0 Å². The second-order valence-electron chi connectivity index (χ2n) is 6.70. The van der Waals surface area contributed by atoms with E-state index in [1.807, 2.05) is 36.4 Å². The molecule has 0 amide bonds. The van der Waals surface area contributed by atoms with Gasteiger partial charge in [0.2, 0.25) is 0 Å². The van der Waals surface area contributed by atoms with E-state index in [1.54, 1.807) is 0 Å². The maximum atomic E-state index is 12.2. The van der Waals surface area contributed by atoms with Gasteiger partial charge < -0.3 is 9.88 Å². The van der Waals surface area contributed by atoms with Crippen molar-refractivity contribution in [3.8, 4) is 0 Å². The monoisotopic (exact) mass is 306 g/mol. The predicted octanol–water partition coefficient (Wildman–Crippen LogP) is 1.97. The van der Waals surface area contributed by atoms with Gasteiger partial charge in [0.05, 0.1) is 11.0 Å². The van der Waals surface area contributed by atoms with Crippen molar-refractivity contribution in [1.82, 2.24) is 14.9 Å². The van der Waals surface area contributed by atoms with Gasteiger partial charge in [-0.2, -0.15) is 0 Å². The van der Waals surface area contributed by atoms with Crippen LogP contribution >= 0.6 is 0 Å². The van der Waals surface area contributed by atoms with Crippen molar-refractivity contribution < 1.29 is 0 Å². The molecule has 2 saturated heterocycles. The lowest BCUT2D eigenvalue weighted by atomic mass is 10.1. The fourth-order valence-electron chi connectivity index (χ4n) is 4.14. The summed E-state index contributed by atoms with van der Waals surface area (Å²) in [4.78, 5) is 24.9. The van der Waals surface area contributed by atoms with Gasteiger partial charge in [0.1, 0.15) is 5.82 Å². The first kappa shape index (κ1) is 13.1. The topological polar surface area (TPSA) is 52.2 Å². The van der Waals surface area contributed by atoms with Crippen LogP contribution in [0.3, 0.4) is 0 Å². The second kappa shape index (κ2) is 4.55. The highest BCUT2D eigenvalue weighted by Crippen LogP contribution is 2.33. The number of piperazine rings is 1. The maximum Gasteiger partial charge on any atom is 0.256 e. The maximum absolute atomic E-state index is 12.2. The summed E-state index contributed by atoms with van der Waals surface area (Å²) in [6, 6.07) is 12.9. The van der Waals surface area contributed by atoms with Crippen LogP contribution in [0.15, 0.2) is 41.2 Å². The second-order valence-corrected chi connectivity index (χ2v) is 6.70. The lowest BCUT2D eigenvalue weighted by molar-refractivity contribution is 0.292. The molecule has 5 nitrogen and oxygen atoms in total. The molecule has 5 heteroatoms. The van der Waals surface area contributed by atoms with E-state index in [1.165, 1.54) is 6.42 Å². The minimum Gasteiger partial charge on any atom is -0.351 e. The predicted molar refractivity (Wildman–Crippen MR) is 92.0 cm³/mol. The Morgan fingerprint density at radius 2 is 1.91 bits per heavy atom. The molecule has 0 saturated carbocycles. The summed E-state index contributed by atoms with van der Waals surface area (Å²) in [7, 11) is 2.20. The number of likely N-dealkylation sites (N-methyl/N-ethyl adjacent to an activating group) is 1. The third-order valence-electron chi connectivity index (χ3n) is 5.36. The van der Waals surface area contributed by atoms with Crippen molar-refractivity contribution in [3.05, 3.63) is 46.8 Å². The molecule has 5 rings (SSSR count). The minimum absolute atomic E-state index is 0.0514. The Balaban J connectivity index is 1.69. The highest BCUT2D eigenvalue weighted by atomic mass is 16.1. The number of nitrogens with one attached hydrogen (secondary N) is 1. The Morgan fingerprint density at radius 3 is 2.65 bits per heavy atom. The lowest BCUT2D eigenvalue weighted by Gasteiger charge is -2.32. The van der Waals surface area contributed by atoms with E-state index in [0.717, 1.165) is 35.3 Å². The van der Waals surface area contributed by atoms with E-state index in [4.69, 9.17) is 4.98 Å². The minimum atomic E-state index is -0.0514. The van der Waals surface area contributed by atoms with Crippen LogP contribution in [0.4, 0.5) is 5.82 Å². The number of fused-ring (bicyclic) bond motifs is 5. The van der Waals surface area contributed by atoms with Gasteiger partial charge in [0.15, 0.2) is 0 Å². The number of aromatic nitrogens is 2. The van der Waals surface area contributed by atoms with Gasteiger partial charge in [0.25, 0.3) is 5.56 Å². The van der Waals surface area contributed by atoms with Crippen molar-refractivity contribution in [2.24, 2.45) is 0 Å². The van der Waals surface area contributed by atoms with Crippen molar-refractivity contribution in [1.29, 1.82) is 0 Å². The highest BCUT2D eigenvalue weighted by molar-refractivity contribution is 6.03. The number of H-pyrrole nitrogens is 1. The number of pyridine rings is 2. The molecule has 2 atom stereocenters. The highest BCUT2D eigenvalue weighted by Gasteiger charge is 2.41. The van der Waals surface area contributed by atoms with E-state index in [0.29, 0.717) is 17.5 Å². The molecular weight excluding hydrogens is 288 g/mol. The van der Waals surface area contributed by atoms with Crippen LogP contribution in [-0.4, -0.2) is 47.1 Å². The number of likely N-dealkylation sites (tertiary alicyclic amines) is 1. The molecule has 2 aliphatic rings. The summed E-state index contributed by atoms with van der Waals surface area (Å²) >= 11 is 0. The van der Waals surface area contributed by atoms with Crippen LogP contribution in [-0.2, 0) is 0 Å². The van der Waals surface area contributed by atoms with Crippen LogP contribution in [0.2, 0.25) is 0 Å². The van der Waals surface area contributed by atoms with E-state index in [9.17, 15) is 4.79 Å². The molecule has 2 aliphatic heterocycles. The van der Waals surface area contributed by atoms with Crippen molar-refractivity contribution in [2.45, 2.75) is 18.5 Å². The zero-order valence-corrected chi connectivity index (χ0v) is 13.0. The average molecular weight is 306 g/mol. The molecule has 2 bridgehead atoms. The molecule has 0 aliphatic carbocycles. The Labute approximate surface area is 133 Å². The normalized spacial score (nSPS) is 24.1. The number of rotatable bonds is 1. The molecule has 23 heavy (non-hydrogen) atoms. The number of benzene rings is 1. The molecule has 1 aromatic carbocycles. The smallest absolute Gasteiger partial charge is 0.256 e. The molecule has 0 spiro atoms. The van der Waals surface area contributed by atoms with Crippen LogP contribution in [0, 0.1) is 0 Å². The first-order valence-corrected chi connectivity index (χ1v) is 8.09. The largest absolute Gasteiger partial charge is 0.351 e. The van der Waals surface area contributed by atoms with Gasteiger partial charge in [-0.1, -0.05) is 18.2 Å². The van der Waals surface area contributed by atoms with Crippen LogP contribution in [0.1, 0.15) is 6.42 Å². The van der Waals surface area contributed by atoms with E-state index in [2.05, 4.69) is 21.8 Å². The summed E-state index contributed by atoms with van der Waals surface area (Å²) < 4.78 is 0. The zero-order valence-electron chi connectivity index (χ0n) is 13.0. The Morgan fingerprint density at radius 1 is 1.09 bits per heavy atom. The number of aromatic amines is 1. The Kier molecular flexibility index (Phi) is 2.59. The Hall–Kier alpha value is -2.40. The van der Waals surface area contributed by atoms with Crippen LogP contribution in [0.25, 0.3) is 21.8 Å². The third kappa shape index (κ3) is 1.83. The van der Waals surface area contributed by atoms with E-state index < -0.39 is 0 Å². The van der Waals surface area contributed by atoms with Gasteiger partial charge in [-0.3, -0.25) is 9.69 Å². The lowest BCUT2D eigenvalue weighted by Crippen LogP contribution is -2.44. The average Bonchev–Trinajstić information content (AvgIpc) is 3.14. The first-order chi connectivity index (χ1) is 11.2. The summed E-state index contributed by atoms with van der Waals surface area (Å²) in [6.07, 6.45) is 1.22. The third-order valence-corrected chi connectivity index (χ3v) is 5.36. The van der Waals surface area contributed by atoms with Gasteiger partial charge in [0, 0.05) is 35.9 Å². The van der Waals surface area contributed by atoms with Crippen LogP contribution in [0.5, 0.6) is 0 Å². The molecule has 3 aromatic rings. The molecule has 2 aromatic heterocycles. The molecule has 116 valence electrons. The van der Waals surface area contributed by atoms with Gasteiger partial charge in [-0.05, 0) is 31.7 Å². The molecule has 0 radical (unpaired) electrons. The number of nitrogens with zero attached hydrogens (tertiary/aromatic N) is 3. The van der Waals surface area contributed by atoms with E-state index >= 15 is 0 Å². The first-order valence-electron chi connectivity index (χ1n) is 8.09. The zero-order chi connectivity index (χ0) is 15.6. The number of hydrogen-bond acceptors (Lipinski definition) is 4. The summed E-state index contributed by atoms with van der Waals surface area (Å²) in [5.74, 6) is 1.02. The van der Waals surface area contributed by atoms with Crippen molar-refractivity contribution in [2.75, 3.05) is 25.0 Å². The molecule has 1 unspecified atom stereocenters. The summed E-state index contributed by atoms with van der Waals surface area (Å²) in [5, 5.41) is 1.63. The van der Waals surface area contributed by atoms with Gasteiger partial charge in [-0.25, -0.2) is 4.98 Å². The number of hydrogen-bond donors (Lipinski definition) is 1. The fraction of sp³-hybridized carbons (Fsp3) is 0.333. The molecule has 4 heterocycles. The summed E-state index contributed by atoms with van der Waals surface area (Å²) in [6.45, 7) is 2.15. The number of anilines is 1. The molecular formula is C18H18N4O. The van der Waals surface area contributed by atoms with Crippen LogP contribution < -0.4 is 10.5 Å². The molecule has 1 N–H and O–H groups in total. The SMILES string of the molecule is CN1CC2C[C@H]1CN2c1ccc2[nH]c(=O)c3ccccc3c2n1. The van der Waals surface area contributed by atoms with Gasteiger partial charge in [-0.15, -0.1) is 0 Å².